The number of ether oxygens (including phenoxy) is 1. The van der Waals surface area contributed by atoms with E-state index in [4.69, 9.17) is 4.74 Å². The summed E-state index contributed by atoms with van der Waals surface area (Å²) in [4.78, 5) is 0. The highest BCUT2D eigenvalue weighted by Gasteiger charge is 2.22. The van der Waals surface area contributed by atoms with Crippen molar-refractivity contribution in [3.8, 4) is 5.75 Å². The molecule has 2 nitrogen and oxygen atoms in total. The van der Waals surface area contributed by atoms with Crippen molar-refractivity contribution >= 4 is 0 Å². The third-order valence-corrected chi connectivity index (χ3v) is 3.04. The molecule has 1 aromatic carbocycles. The molecule has 1 rings (SSSR count). The van der Waals surface area contributed by atoms with Crippen LogP contribution >= 0.6 is 0 Å². The first-order valence-electron chi connectivity index (χ1n) is 6.39. The number of benzene rings is 1. The van der Waals surface area contributed by atoms with Gasteiger partial charge >= 0.3 is 0 Å². The zero-order chi connectivity index (χ0) is 12.7. The monoisotopic (exact) mass is 235 g/mol. The molecule has 0 aliphatic carbocycles. The van der Waals surface area contributed by atoms with Crippen molar-refractivity contribution in [1.82, 2.24) is 5.32 Å². The molecule has 1 aromatic rings. The molecule has 0 bridgehead atoms. The van der Waals surface area contributed by atoms with Crippen molar-refractivity contribution in [3.05, 3.63) is 30.3 Å². The smallest absolute Gasteiger partial charge is 0.119 e. The molecule has 0 saturated carbocycles. The highest BCUT2D eigenvalue weighted by molar-refractivity contribution is 5.20. The SMILES string of the molecule is CNC(CCCOc1ccccc1)C(C)(C)C. The number of rotatable bonds is 6. The summed E-state index contributed by atoms with van der Waals surface area (Å²) in [7, 11) is 2.04. The maximum absolute atomic E-state index is 5.69. The summed E-state index contributed by atoms with van der Waals surface area (Å²) >= 11 is 0. The first-order valence-corrected chi connectivity index (χ1v) is 6.39. The molecule has 0 fully saturated rings. The topological polar surface area (TPSA) is 21.3 Å². The van der Waals surface area contributed by atoms with Crippen LogP contribution in [0.15, 0.2) is 30.3 Å². The van der Waals surface area contributed by atoms with Crippen LogP contribution in [0.2, 0.25) is 0 Å². The second-order valence-corrected chi connectivity index (χ2v) is 5.51. The summed E-state index contributed by atoms with van der Waals surface area (Å²) in [5.41, 5.74) is 0.307. The van der Waals surface area contributed by atoms with Gasteiger partial charge in [-0.15, -0.1) is 0 Å². The van der Waals surface area contributed by atoms with Gasteiger partial charge in [-0.05, 0) is 37.4 Å². The molecule has 0 aromatic heterocycles. The largest absolute Gasteiger partial charge is 0.494 e. The fourth-order valence-electron chi connectivity index (χ4n) is 2.00. The van der Waals surface area contributed by atoms with Crippen molar-refractivity contribution in [1.29, 1.82) is 0 Å². The van der Waals surface area contributed by atoms with Gasteiger partial charge < -0.3 is 10.1 Å². The second-order valence-electron chi connectivity index (χ2n) is 5.51. The zero-order valence-electron chi connectivity index (χ0n) is 11.5. The summed E-state index contributed by atoms with van der Waals surface area (Å²) in [6.45, 7) is 7.60. The number of para-hydroxylation sites is 1. The lowest BCUT2D eigenvalue weighted by molar-refractivity contribution is 0.237. The van der Waals surface area contributed by atoms with E-state index in [1.54, 1.807) is 0 Å². The first-order chi connectivity index (χ1) is 8.04. The van der Waals surface area contributed by atoms with E-state index < -0.39 is 0 Å². The van der Waals surface area contributed by atoms with E-state index in [9.17, 15) is 0 Å². The molecule has 2 heteroatoms. The van der Waals surface area contributed by atoms with E-state index in [1.807, 2.05) is 37.4 Å². The molecule has 0 amide bonds. The zero-order valence-corrected chi connectivity index (χ0v) is 11.5. The number of nitrogens with one attached hydrogen (secondary N) is 1. The molecule has 0 aliphatic heterocycles. The molecule has 17 heavy (non-hydrogen) atoms. The van der Waals surface area contributed by atoms with Crippen LogP contribution in [-0.2, 0) is 0 Å². The van der Waals surface area contributed by atoms with Gasteiger partial charge in [0, 0.05) is 6.04 Å². The molecular formula is C15H25NO. The Labute approximate surface area is 105 Å². The molecule has 1 atom stereocenters. The van der Waals surface area contributed by atoms with Gasteiger partial charge in [-0.3, -0.25) is 0 Å². The highest BCUT2D eigenvalue weighted by atomic mass is 16.5. The Balaban J connectivity index is 2.24. The van der Waals surface area contributed by atoms with E-state index in [2.05, 4.69) is 26.1 Å². The average molecular weight is 235 g/mol. The minimum absolute atomic E-state index is 0.307. The maximum atomic E-state index is 5.69. The summed E-state index contributed by atoms with van der Waals surface area (Å²) < 4.78 is 5.69. The van der Waals surface area contributed by atoms with E-state index in [1.165, 1.54) is 0 Å². The Morgan fingerprint density at radius 1 is 1.18 bits per heavy atom. The summed E-state index contributed by atoms with van der Waals surface area (Å²) in [5, 5.41) is 3.39. The lowest BCUT2D eigenvalue weighted by atomic mass is 9.84. The van der Waals surface area contributed by atoms with Gasteiger partial charge in [0.2, 0.25) is 0 Å². The standard InChI is InChI=1S/C15H25NO/c1-15(2,3)14(16-4)11-8-12-17-13-9-6-5-7-10-13/h5-7,9-10,14,16H,8,11-12H2,1-4H3. The van der Waals surface area contributed by atoms with Gasteiger partial charge in [-0.1, -0.05) is 39.0 Å². The Bertz CT molecular complexity index is 302. The molecule has 1 unspecified atom stereocenters. The second kappa shape index (κ2) is 6.65. The van der Waals surface area contributed by atoms with E-state index >= 15 is 0 Å². The normalized spacial score (nSPS) is 13.4. The van der Waals surface area contributed by atoms with Crippen LogP contribution < -0.4 is 10.1 Å². The Hall–Kier alpha value is -1.02. The molecule has 96 valence electrons. The molecule has 0 aliphatic rings. The quantitative estimate of drug-likeness (QED) is 0.762. The number of hydrogen-bond donors (Lipinski definition) is 1. The van der Waals surface area contributed by atoms with E-state index in [0.717, 1.165) is 25.2 Å². The Morgan fingerprint density at radius 2 is 1.82 bits per heavy atom. The summed E-state index contributed by atoms with van der Waals surface area (Å²) in [6, 6.07) is 10.5. The van der Waals surface area contributed by atoms with Crippen molar-refractivity contribution < 1.29 is 4.74 Å². The predicted molar refractivity (Wildman–Crippen MR) is 73.5 cm³/mol. The van der Waals surface area contributed by atoms with Crippen LogP contribution in [0.5, 0.6) is 5.75 Å². The highest BCUT2D eigenvalue weighted by Crippen LogP contribution is 2.22. The third kappa shape index (κ3) is 5.22. The minimum Gasteiger partial charge on any atom is -0.494 e. The number of hydrogen-bond acceptors (Lipinski definition) is 2. The van der Waals surface area contributed by atoms with Gasteiger partial charge in [0.1, 0.15) is 5.75 Å². The lowest BCUT2D eigenvalue weighted by Gasteiger charge is -2.30. The van der Waals surface area contributed by atoms with Crippen LogP contribution in [-0.4, -0.2) is 19.7 Å². The van der Waals surface area contributed by atoms with Crippen LogP contribution in [0.3, 0.4) is 0 Å². The molecule has 0 saturated heterocycles. The van der Waals surface area contributed by atoms with Crippen molar-refractivity contribution in [2.45, 2.75) is 39.7 Å². The van der Waals surface area contributed by atoms with Crippen molar-refractivity contribution in [2.24, 2.45) is 5.41 Å². The predicted octanol–water partition coefficient (Wildman–Crippen LogP) is 3.48. The van der Waals surface area contributed by atoms with Gasteiger partial charge in [0.15, 0.2) is 0 Å². The first kappa shape index (κ1) is 14.0. The minimum atomic E-state index is 0.307. The van der Waals surface area contributed by atoms with Gasteiger partial charge in [0.25, 0.3) is 0 Å². The Kier molecular flexibility index (Phi) is 5.49. The average Bonchev–Trinajstić information content (AvgIpc) is 2.28. The lowest BCUT2D eigenvalue weighted by Crippen LogP contribution is -2.38. The van der Waals surface area contributed by atoms with E-state index in [0.29, 0.717) is 11.5 Å². The molecule has 1 N–H and O–H groups in total. The van der Waals surface area contributed by atoms with Crippen LogP contribution in [0.25, 0.3) is 0 Å². The fourth-order valence-corrected chi connectivity index (χ4v) is 2.00. The maximum Gasteiger partial charge on any atom is 0.119 e. The van der Waals surface area contributed by atoms with Crippen LogP contribution in [0, 0.1) is 5.41 Å². The van der Waals surface area contributed by atoms with E-state index in [-0.39, 0.29) is 0 Å². The molecule has 0 spiro atoms. The molecule has 0 heterocycles. The summed E-state index contributed by atoms with van der Waals surface area (Å²) in [6.07, 6.45) is 2.23. The van der Waals surface area contributed by atoms with Gasteiger partial charge in [-0.2, -0.15) is 0 Å². The fraction of sp³-hybridized carbons (Fsp3) is 0.600. The van der Waals surface area contributed by atoms with Crippen LogP contribution in [0.4, 0.5) is 0 Å². The summed E-state index contributed by atoms with van der Waals surface area (Å²) in [5.74, 6) is 0.962. The van der Waals surface area contributed by atoms with Crippen molar-refractivity contribution in [3.63, 3.8) is 0 Å². The molecule has 0 radical (unpaired) electrons. The molecular weight excluding hydrogens is 210 g/mol. The Morgan fingerprint density at radius 3 is 2.35 bits per heavy atom. The van der Waals surface area contributed by atoms with Crippen LogP contribution in [0.1, 0.15) is 33.6 Å². The van der Waals surface area contributed by atoms with Gasteiger partial charge in [-0.25, -0.2) is 0 Å². The van der Waals surface area contributed by atoms with Crippen molar-refractivity contribution in [2.75, 3.05) is 13.7 Å². The third-order valence-electron chi connectivity index (χ3n) is 3.04. The van der Waals surface area contributed by atoms with Gasteiger partial charge in [0.05, 0.1) is 6.61 Å².